The smallest absolute Gasteiger partial charge is 0.249 e. The summed E-state index contributed by atoms with van der Waals surface area (Å²) in [4.78, 5) is 61.6. The van der Waals surface area contributed by atoms with Crippen LogP contribution < -0.4 is 5.32 Å². The van der Waals surface area contributed by atoms with Gasteiger partial charge in [-0.05, 0) is 70.8 Å². The van der Waals surface area contributed by atoms with Crippen molar-refractivity contribution in [2.75, 3.05) is 33.7 Å². The van der Waals surface area contributed by atoms with Crippen molar-refractivity contribution in [1.82, 2.24) is 24.9 Å². The second kappa shape index (κ2) is 15.3. The number of hydrogen-bond donors (Lipinski definition) is 1. The Labute approximate surface area is 255 Å². The van der Waals surface area contributed by atoms with Gasteiger partial charge in [0.15, 0.2) is 0 Å². The minimum absolute atomic E-state index is 0.0130. The third kappa shape index (κ3) is 8.80. The third-order valence-corrected chi connectivity index (χ3v) is 8.88. The summed E-state index contributed by atoms with van der Waals surface area (Å²) >= 11 is 0. The molecule has 4 amide bonds. The van der Waals surface area contributed by atoms with E-state index in [4.69, 9.17) is 0 Å². The molecule has 0 aromatic heterocycles. The molecule has 2 heterocycles. The number of likely N-dealkylation sites (tertiary alicyclic amines) is 2. The summed E-state index contributed by atoms with van der Waals surface area (Å²) in [7, 11) is 3.55. The van der Waals surface area contributed by atoms with E-state index in [0.29, 0.717) is 25.1 Å². The fourth-order valence-corrected chi connectivity index (χ4v) is 6.36. The first kappa shape index (κ1) is 35.8. The summed E-state index contributed by atoms with van der Waals surface area (Å²) < 4.78 is 0. The number of nitrogens with zero attached hydrogens (tertiary/aromatic N) is 4. The molecule has 2 rings (SSSR count). The molecule has 0 aliphatic carbocycles. The molecule has 0 aromatic rings. The number of nitrogens with one attached hydrogen (secondary N) is 1. The maximum Gasteiger partial charge on any atom is 0.249 e. The van der Waals surface area contributed by atoms with Crippen LogP contribution in [0, 0.1) is 11.3 Å². The molecule has 0 saturated carbocycles. The normalized spacial score (nSPS) is 21.8. The molecule has 1 N–H and O–H groups in total. The largest absolute Gasteiger partial charge is 0.344 e. The minimum atomic E-state index is -0.716. The first-order valence-corrected chi connectivity index (χ1v) is 16.1. The molecule has 0 bridgehead atoms. The summed E-state index contributed by atoms with van der Waals surface area (Å²) in [5, 5.41) is 3.14. The van der Waals surface area contributed by atoms with Gasteiger partial charge in [-0.15, -0.1) is 0 Å². The Morgan fingerprint density at radius 2 is 1.57 bits per heavy atom. The van der Waals surface area contributed by atoms with Gasteiger partial charge >= 0.3 is 0 Å². The number of hydrogen-bond acceptors (Lipinski definition) is 5. The average molecular weight is 590 g/mol. The van der Waals surface area contributed by atoms with Crippen molar-refractivity contribution in [3.63, 3.8) is 0 Å². The van der Waals surface area contributed by atoms with Gasteiger partial charge in [-0.3, -0.25) is 24.1 Å². The Kier molecular flexibility index (Phi) is 13.1. The van der Waals surface area contributed by atoms with Gasteiger partial charge in [0.05, 0.1) is 12.1 Å². The van der Waals surface area contributed by atoms with Crippen LogP contribution in [0.1, 0.15) is 101 Å². The van der Waals surface area contributed by atoms with Crippen molar-refractivity contribution in [3.8, 4) is 0 Å². The lowest BCUT2D eigenvalue weighted by molar-refractivity contribution is -0.142. The third-order valence-electron chi connectivity index (χ3n) is 8.88. The van der Waals surface area contributed by atoms with Gasteiger partial charge in [0.2, 0.25) is 23.6 Å². The standard InChI is InChI=1S/C33H59N5O4/c1-12-18-35(10)31(41)26-17-15-20-38(26)30(40)24(6)21-27(22(2)3)36(11)32(42)28(33(7,8)9)34-29(39)25-16-13-14-19-37(25)23(4)5/h21-23,25-28H,12-20H2,1-11H3,(H,34,39)/b24-21+/t25?,26-,27+,28+/m0/s1. The van der Waals surface area contributed by atoms with Crippen LogP contribution in [-0.2, 0) is 19.2 Å². The molecule has 1 unspecified atom stereocenters. The molecule has 240 valence electrons. The number of rotatable bonds is 11. The van der Waals surface area contributed by atoms with Crippen molar-refractivity contribution in [3.05, 3.63) is 11.6 Å². The lowest BCUT2D eigenvalue weighted by atomic mass is 9.84. The highest BCUT2D eigenvalue weighted by Crippen LogP contribution is 2.27. The lowest BCUT2D eigenvalue weighted by Gasteiger charge is -2.41. The Morgan fingerprint density at radius 3 is 2.12 bits per heavy atom. The monoisotopic (exact) mass is 589 g/mol. The highest BCUT2D eigenvalue weighted by Gasteiger charge is 2.40. The molecule has 9 nitrogen and oxygen atoms in total. The predicted octanol–water partition coefficient (Wildman–Crippen LogP) is 4.07. The molecule has 4 atom stereocenters. The van der Waals surface area contributed by atoms with Crippen molar-refractivity contribution in [1.29, 1.82) is 0 Å². The van der Waals surface area contributed by atoms with Crippen LogP contribution in [-0.4, -0.2) is 107 Å². The highest BCUT2D eigenvalue weighted by molar-refractivity contribution is 5.97. The first-order chi connectivity index (χ1) is 19.5. The van der Waals surface area contributed by atoms with Gasteiger partial charge < -0.3 is 20.0 Å². The molecule has 0 aromatic carbocycles. The van der Waals surface area contributed by atoms with Crippen molar-refractivity contribution in [2.45, 2.75) is 131 Å². The number of likely N-dealkylation sites (N-methyl/N-ethyl adjacent to an activating group) is 2. The van der Waals surface area contributed by atoms with E-state index in [-0.39, 0.29) is 47.7 Å². The summed E-state index contributed by atoms with van der Waals surface area (Å²) in [6.45, 7) is 20.1. The van der Waals surface area contributed by atoms with Gasteiger partial charge in [-0.2, -0.15) is 0 Å². The Morgan fingerprint density at radius 1 is 0.952 bits per heavy atom. The average Bonchev–Trinajstić information content (AvgIpc) is 3.41. The van der Waals surface area contributed by atoms with Gasteiger partial charge in [-0.25, -0.2) is 0 Å². The molecule has 2 fully saturated rings. The second-order valence-electron chi connectivity index (χ2n) is 14.1. The molecule has 2 aliphatic heterocycles. The van der Waals surface area contributed by atoms with Gasteiger partial charge in [-0.1, -0.05) is 54.0 Å². The maximum atomic E-state index is 14.1. The van der Waals surface area contributed by atoms with Crippen molar-refractivity contribution >= 4 is 23.6 Å². The van der Waals surface area contributed by atoms with E-state index in [2.05, 4.69) is 24.1 Å². The molecule has 9 heteroatoms. The van der Waals surface area contributed by atoms with Crippen LogP contribution in [0.4, 0.5) is 0 Å². The summed E-state index contributed by atoms with van der Waals surface area (Å²) in [6, 6.07) is -1.51. The van der Waals surface area contributed by atoms with Crippen molar-refractivity contribution < 1.29 is 19.2 Å². The van der Waals surface area contributed by atoms with Crippen molar-refractivity contribution in [2.24, 2.45) is 11.3 Å². The number of carbonyl (C=O) groups is 4. The summed E-state index contributed by atoms with van der Waals surface area (Å²) in [5.41, 5.74) is 0.0135. The molecular formula is C33H59N5O4. The predicted molar refractivity (Wildman–Crippen MR) is 169 cm³/mol. The Balaban J connectivity index is 2.27. The Bertz CT molecular complexity index is 985. The number of piperidine rings is 1. The molecule has 2 aliphatic rings. The first-order valence-electron chi connectivity index (χ1n) is 16.1. The Hall–Kier alpha value is -2.42. The number of amides is 4. The van der Waals surface area contributed by atoms with Crippen LogP contribution in [0.25, 0.3) is 0 Å². The van der Waals surface area contributed by atoms with Gasteiger partial charge in [0, 0.05) is 38.8 Å². The highest BCUT2D eigenvalue weighted by atomic mass is 16.2. The SMILES string of the molecule is CCCN(C)C(=O)[C@@H]1CCCN1C(=O)/C(C)=C/[C@H](C(C)C)N(C)C(=O)[C@@H](NC(=O)C1CCCCN1C(C)C)C(C)(C)C. The molecule has 0 radical (unpaired) electrons. The zero-order chi connectivity index (χ0) is 31.9. The van der Waals surface area contributed by atoms with Crippen LogP contribution >= 0.6 is 0 Å². The topological polar surface area (TPSA) is 93.3 Å². The van der Waals surface area contributed by atoms with E-state index in [9.17, 15) is 19.2 Å². The number of carbonyl (C=O) groups excluding carboxylic acids is 4. The van der Waals surface area contributed by atoms with Crippen LogP contribution in [0.5, 0.6) is 0 Å². The zero-order valence-corrected chi connectivity index (χ0v) is 28.3. The summed E-state index contributed by atoms with van der Waals surface area (Å²) in [6.07, 6.45) is 7.06. The minimum Gasteiger partial charge on any atom is -0.344 e. The fourth-order valence-electron chi connectivity index (χ4n) is 6.36. The van der Waals surface area contributed by atoms with E-state index in [1.54, 1.807) is 35.7 Å². The lowest BCUT2D eigenvalue weighted by Crippen LogP contribution is -2.60. The zero-order valence-electron chi connectivity index (χ0n) is 28.3. The second-order valence-corrected chi connectivity index (χ2v) is 14.1. The van der Waals surface area contributed by atoms with E-state index in [1.165, 1.54) is 0 Å². The fraction of sp³-hybridized carbons (Fsp3) is 0.818. The molecule has 42 heavy (non-hydrogen) atoms. The maximum absolute atomic E-state index is 14.1. The quantitative estimate of drug-likeness (QED) is 0.367. The van der Waals surface area contributed by atoms with Gasteiger partial charge in [0.25, 0.3) is 0 Å². The summed E-state index contributed by atoms with van der Waals surface area (Å²) in [5.74, 6) is -0.409. The van der Waals surface area contributed by atoms with E-state index in [0.717, 1.165) is 38.6 Å². The molecule has 0 spiro atoms. The van der Waals surface area contributed by atoms with E-state index < -0.39 is 17.5 Å². The van der Waals surface area contributed by atoms with E-state index >= 15 is 0 Å². The van der Waals surface area contributed by atoms with Gasteiger partial charge in [0.1, 0.15) is 12.1 Å². The van der Waals surface area contributed by atoms with Crippen LogP contribution in [0.3, 0.4) is 0 Å². The molecule has 2 saturated heterocycles. The van der Waals surface area contributed by atoms with E-state index in [1.807, 2.05) is 47.6 Å². The van der Waals surface area contributed by atoms with Crippen LogP contribution in [0.15, 0.2) is 11.6 Å². The molecular weight excluding hydrogens is 530 g/mol. The van der Waals surface area contributed by atoms with Crippen LogP contribution in [0.2, 0.25) is 0 Å².